The van der Waals surface area contributed by atoms with Crippen LogP contribution in [0.2, 0.25) is 0 Å². The molecule has 28 heavy (non-hydrogen) atoms. The number of carbonyl (C=O) groups excluding carboxylic acids is 1. The number of hydrogen-bond donors (Lipinski definition) is 1. The van der Waals surface area contributed by atoms with Gasteiger partial charge in [-0.1, -0.05) is 11.3 Å². The molecule has 3 aromatic rings. The van der Waals surface area contributed by atoms with Crippen molar-refractivity contribution in [3.8, 4) is 21.3 Å². The van der Waals surface area contributed by atoms with E-state index >= 15 is 0 Å². The molecule has 0 spiro atoms. The van der Waals surface area contributed by atoms with Crippen molar-refractivity contribution in [1.29, 1.82) is 0 Å². The molecule has 0 bridgehead atoms. The number of fused-ring (bicyclic) bond motifs is 3. The first-order chi connectivity index (χ1) is 13.5. The zero-order valence-electron chi connectivity index (χ0n) is 16.1. The molecule has 3 heterocycles. The normalized spacial score (nSPS) is 12.6. The number of amides is 1. The summed E-state index contributed by atoms with van der Waals surface area (Å²) in [7, 11) is 3.99. The molecule has 0 aliphatic heterocycles. The Morgan fingerprint density at radius 2 is 2.21 bits per heavy atom. The quantitative estimate of drug-likeness (QED) is 0.665. The molecule has 6 nitrogen and oxygen atoms in total. The first kappa shape index (κ1) is 19.0. The highest BCUT2D eigenvalue weighted by Crippen LogP contribution is 2.50. The van der Waals surface area contributed by atoms with Gasteiger partial charge in [0, 0.05) is 25.5 Å². The van der Waals surface area contributed by atoms with Crippen LogP contribution in [0.5, 0.6) is 10.8 Å². The number of nitrogens with one attached hydrogen (secondary N) is 1. The highest BCUT2D eigenvalue weighted by molar-refractivity contribution is 7.17. The Labute approximate surface area is 172 Å². The smallest absolute Gasteiger partial charge is 0.261 e. The van der Waals surface area contributed by atoms with E-state index in [1.807, 2.05) is 44.2 Å². The van der Waals surface area contributed by atoms with Gasteiger partial charge in [0.25, 0.3) is 5.91 Å². The minimum absolute atomic E-state index is 0.0335. The number of aryl methyl sites for hydroxylation is 2. The van der Waals surface area contributed by atoms with Crippen LogP contribution in [0.25, 0.3) is 10.4 Å². The lowest BCUT2D eigenvalue weighted by molar-refractivity contribution is 0.0954. The van der Waals surface area contributed by atoms with E-state index in [9.17, 15) is 4.79 Å². The molecule has 146 valence electrons. The molecular formula is C20H22N4O2S2. The molecule has 0 radical (unpaired) electrons. The molecule has 0 unspecified atom stereocenters. The maximum atomic E-state index is 12.9. The zero-order valence-corrected chi connectivity index (χ0v) is 17.7. The van der Waals surface area contributed by atoms with Gasteiger partial charge in [-0.25, -0.2) is 4.37 Å². The van der Waals surface area contributed by atoms with Gasteiger partial charge in [0.05, 0.1) is 21.0 Å². The van der Waals surface area contributed by atoms with Crippen molar-refractivity contribution in [3.63, 3.8) is 0 Å². The van der Waals surface area contributed by atoms with Crippen molar-refractivity contribution in [3.05, 3.63) is 46.2 Å². The molecule has 8 heteroatoms. The molecule has 0 aromatic carbocycles. The number of carbonyl (C=O) groups is 1. The van der Waals surface area contributed by atoms with Gasteiger partial charge >= 0.3 is 0 Å². The highest BCUT2D eigenvalue weighted by Gasteiger charge is 2.30. The maximum absolute atomic E-state index is 12.9. The van der Waals surface area contributed by atoms with Crippen molar-refractivity contribution in [2.24, 2.45) is 0 Å². The van der Waals surface area contributed by atoms with Crippen LogP contribution in [-0.4, -0.2) is 47.3 Å². The van der Waals surface area contributed by atoms with E-state index in [-0.39, 0.29) is 5.91 Å². The Balaban J connectivity index is 1.71. The second kappa shape index (κ2) is 7.98. The molecule has 1 aliphatic rings. The molecule has 3 aromatic heterocycles. The second-order valence-corrected chi connectivity index (χ2v) is 8.79. The largest absolute Gasteiger partial charge is 0.444 e. The van der Waals surface area contributed by atoms with E-state index in [2.05, 4.69) is 14.7 Å². The number of nitrogens with zero attached hydrogens (tertiary/aromatic N) is 3. The molecule has 0 fully saturated rings. The number of rotatable bonds is 6. The summed E-state index contributed by atoms with van der Waals surface area (Å²) in [5.41, 5.74) is 4.14. The summed E-state index contributed by atoms with van der Waals surface area (Å²) in [6, 6.07) is 3.76. The van der Waals surface area contributed by atoms with Crippen LogP contribution in [0.1, 0.15) is 26.5 Å². The summed E-state index contributed by atoms with van der Waals surface area (Å²) in [5, 5.41) is 3.78. The summed E-state index contributed by atoms with van der Waals surface area (Å²) in [6.45, 7) is 3.33. The van der Waals surface area contributed by atoms with Crippen LogP contribution in [0.4, 0.5) is 0 Å². The maximum Gasteiger partial charge on any atom is 0.261 e. The van der Waals surface area contributed by atoms with E-state index in [1.54, 1.807) is 6.20 Å². The first-order valence-electron chi connectivity index (χ1n) is 9.16. The molecule has 0 atom stereocenters. The summed E-state index contributed by atoms with van der Waals surface area (Å²) in [6.07, 6.45) is 5.40. The molecule has 1 amide bonds. The molecule has 0 saturated carbocycles. The van der Waals surface area contributed by atoms with E-state index in [0.29, 0.717) is 12.3 Å². The van der Waals surface area contributed by atoms with Gasteiger partial charge in [-0.15, -0.1) is 0 Å². The van der Waals surface area contributed by atoms with Gasteiger partial charge in [0.15, 0.2) is 5.06 Å². The average Bonchev–Trinajstić information content (AvgIpc) is 3.27. The number of likely N-dealkylation sites (N-methyl/N-ethyl adjacent to an activating group) is 1. The van der Waals surface area contributed by atoms with Crippen molar-refractivity contribution >= 4 is 28.8 Å². The van der Waals surface area contributed by atoms with Crippen LogP contribution >= 0.6 is 22.9 Å². The minimum Gasteiger partial charge on any atom is -0.444 e. The highest BCUT2D eigenvalue weighted by atomic mass is 32.1. The molecular weight excluding hydrogens is 392 g/mol. The Bertz CT molecular complexity index is 1010. The lowest BCUT2D eigenvalue weighted by Crippen LogP contribution is -2.31. The van der Waals surface area contributed by atoms with Gasteiger partial charge in [0.2, 0.25) is 0 Å². The lowest BCUT2D eigenvalue weighted by Gasteiger charge is -2.15. The summed E-state index contributed by atoms with van der Waals surface area (Å²) in [5.74, 6) is 0.677. The molecule has 0 saturated heterocycles. The first-order valence-corrected chi connectivity index (χ1v) is 10.8. The van der Waals surface area contributed by atoms with E-state index < -0.39 is 0 Å². The van der Waals surface area contributed by atoms with E-state index in [1.165, 1.54) is 28.4 Å². The fraction of sp³-hybridized carbons (Fsp3) is 0.350. The second-order valence-electron chi connectivity index (χ2n) is 7.00. The van der Waals surface area contributed by atoms with Crippen molar-refractivity contribution in [2.45, 2.75) is 19.8 Å². The van der Waals surface area contributed by atoms with Gasteiger partial charge in [-0.2, -0.15) is 0 Å². The summed E-state index contributed by atoms with van der Waals surface area (Å²) < 4.78 is 10.6. The molecule has 1 N–H and O–H groups in total. The number of thiophene rings is 1. The van der Waals surface area contributed by atoms with Crippen LogP contribution in [0, 0.1) is 6.92 Å². The minimum atomic E-state index is -0.0335. The number of ether oxygens (including phenoxy) is 1. The monoisotopic (exact) mass is 414 g/mol. The van der Waals surface area contributed by atoms with Gasteiger partial charge in [-0.05, 0) is 68.7 Å². The van der Waals surface area contributed by atoms with Crippen molar-refractivity contribution < 1.29 is 9.53 Å². The van der Waals surface area contributed by atoms with Crippen LogP contribution in [-0.2, 0) is 12.8 Å². The summed E-state index contributed by atoms with van der Waals surface area (Å²) >= 11 is 2.88. The zero-order chi connectivity index (χ0) is 19.7. The molecule has 4 rings (SSSR count). The SMILES string of the molecule is Cc1ncccc1Oc1sc(C(=O)NCCN(C)C)c2c1-c1sncc1CC2. The third-order valence-corrected chi connectivity index (χ3v) is 6.67. The van der Waals surface area contributed by atoms with Gasteiger partial charge in [-0.3, -0.25) is 9.78 Å². The predicted molar refractivity (Wildman–Crippen MR) is 113 cm³/mol. The van der Waals surface area contributed by atoms with E-state index in [0.717, 1.165) is 51.0 Å². The standard InChI is InChI=1S/C20H22N4O2S2/c1-12-15(5-4-8-21-12)26-20-16-14(7-6-13-11-23-28-17(13)16)18(27-20)19(25)22-9-10-24(2)3/h4-5,8,11H,6-7,9-10H2,1-3H3,(H,22,25). The van der Waals surface area contributed by atoms with Gasteiger partial charge in [0.1, 0.15) is 5.75 Å². The third-order valence-electron chi connectivity index (χ3n) is 4.70. The fourth-order valence-corrected chi connectivity index (χ4v) is 5.29. The Kier molecular flexibility index (Phi) is 5.43. The Morgan fingerprint density at radius 3 is 3.00 bits per heavy atom. The Morgan fingerprint density at radius 1 is 1.36 bits per heavy atom. The summed E-state index contributed by atoms with van der Waals surface area (Å²) in [4.78, 5) is 21.1. The average molecular weight is 415 g/mol. The van der Waals surface area contributed by atoms with Gasteiger partial charge < -0.3 is 15.0 Å². The van der Waals surface area contributed by atoms with Crippen molar-refractivity contribution in [1.82, 2.24) is 19.6 Å². The fourth-order valence-electron chi connectivity index (χ4n) is 3.22. The number of aromatic nitrogens is 2. The molecule has 1 aliphatic carbocycles. The van der Waals surface area contributed by atoms with Crippen molar-refractivity contribution in [2.75, 3.05) is 27.2 Å². The van der Waals surface area contributed by atoms with Crippen LogP contribution in [0.15, 0.2) is 24.5 Å². The number of hydrogen-bond acceptors (Lipinski definition) is 7. The van der Waals surface area contributed by atoms with Crippen LogP contribution < -0.4 is 10.1 Å². The third kappa shape index (κ3) is 3.67. The predicted octanol–water partition coefficient (Wildman–Crippen LogP) is 3.76. The van der Waals surface area contributed by atoms with E-state index in [4.69, 9.17) is 4.74 Å². The lowest BCUT2D eigenvalue weighted by atomic mass is 9.93. The Hall–Kier alpha value is -2.29. The van der Waals surface area contributed by atoms with Crippen LogP contribution in [0.3, 0.4) is 0 Å². The number of pyridine rings is 1. The topological polar surface area (TPSA) is 67.3 Å².